The second kappa shape index (κ2) is 18.9. The van der Waals surface area contributed by atoms with E-state index in [9.17, 15) is 0 Å². The first-order valence-electron chi connectivity index (χ1n) is 24.7. The number of hydrogen-bond donors (Lipinski definition) is 0. The Kier molecular flexibility index (Phi) is 11.2. The maximum atomic E-state index is 5.22. The molecule has 2 aromatic heterocycles. The largest absolute Gasteiger partial charge is 0.309 e. The van der Waals surface area contributed by atoms with Crippen LogP contribution in [-0.4, -0.2) is 19.5 Å². The highest BCUT2D eigenvalue weighted by Crippen LogP contribution is 2.36. The normalized spacial score (nSPS) is 11.3. The van der Waals surface area contributed by atoms with Gasteiger partial charge in [-0.15, -0.1) is 0 Å². The lowest BCUT2D eigenvalue weighted by Crippen LogP contribution is -2.00. The highest BCUT2D eigenvalue weighted by Gasteiger charge is 2.16. The Bertz CT molecular complexity index is 4070. The second-order valence-corrected chi connectivity index (χ2v) is 18.4. The van der Waals surface area contributed by atoms with E-state index in [1.165, 1.54) is 49.6 Å². The lowest BCUT2D eigenvalue weighted by atomic mass is 9.95. The van der Waals surface area contributed by atoms with Gasteiger partial charge in [0.05, 0.1) is 11.0 Å². The summed E-state index contributed by atoms with van der Waals surface area (Å²) in [5.41, 5.74) is 20.0. The predicted molar refractivity (Wildman–Crippen MR) is 303 cm³/mol. The summed E-state index contributed by atoms with van der Waals surface area (Å²) in [7, 11) is 0. The fraction of sp³-hybridized carbons (Fsp3) is 0. The average Bonchev–Trinajstić information content (AvgIpc) is 3.82. The van der Waals surface area contributed by atoms with E-state index in [0.717, 1.165) is 61.3 Å². The summed E-state index contributed by atoms with van der Waals surface area (Å²) in [6, 6.07) is 99.0. The van der Waals surface area contributed by atoms with Gasteiger partial charge >= 0.3 is 0 Å². The first-order valence-corrected chi connectivity index (χ1v) is 24.7. The van der Waals surface area contributed by atoms with E-state index in [-0.39, 0.29) is 0 Å². The van der Waals surface area contributed by atoms with Gasteiger partial charge in [0.15, 0.2) is 17.5 Å². The molecule has 11 aromatic carbocycles. The summed E-state index contributed by atoms with van der Waals surface area (Å²) < 4.78 is 2.36. The predicted octanol–water partition coefficient (Wildman–Crippen LogP) is 18.0. The summed E-state index contributed by atoms with van der Waals surface area (Å²) in [6.45, 7) is 0. The number of benzene rings is 11. The number of aromatic nitrogens is 4. The molecule has 0 fully saturated rings. The Hall–Kier alpha value is -9.77. The van der Waals surface area contributed by atoms with Crippen LogP contribution in [0, 0.1) is 0 Å². The van der Waals surface area contributed by atoms with Crippen LogP contribution in [-0.2, 0) is 0 Å². The third-order valence-electron chi connectivity index (χ3n) is 13.9. The van der Waals surface area contributed by atoms with Crippen molar-refractivity contribution in [3.63, 3.8) is 0 Å². The average molecular weight is 931 g/mol. The summed E-state index contributed by atoms with van der Waals surface area (Å²) in [4.78, 5) is 15.6. The first kappa shape index (κ1) is 43.3. The van der Waals surface area contributed by atoms with Gasteiger partial charge in [-0.2, -0.15) is 0 Å². The first-order chi connectivity index (χ1) is 36.1. The number of para-hydroxylation sites is 2. The fourth-order valence-electron chi connectivity index (χ4n) is 10.1. The summed E-state index contributed by atoms with van der Waals surface area (Å²) in [5.74, 6) is 1.82. The molecule has 0 aliphatic rings. The molecular formula is C69H46N4. The molecular weight excluding hydrogens is 885 g/mol. The zero-order chi connectivity index (χ0) is 48.5. The van der Waals surface area contributed by atoms with Crippen LogP contribution in [0.3, 0.4) is 0 Å². The van der Waals surface area contributed by atoms with Crippen LogP contribution < -0.4 is 0 Å². The molecule has 342 valence electrons. The maximum Gasteiger partial charge on any atom is 0.164 e. The van der Waals surface area contributed by atoms with E-state index in [1.54, 1.807) is 0 Å². The van der Waals surface area contributed by atoms with Crippen molar-refractivity contribution in [3.05, 3.63) is 279 Å². The zero-order valence-electron chi connectivity index (χ0n) is 39.8. The Morgan fingerprint density at radius 3 is 0.890 bits per heavy atom. The van der Waals surface area contributed by atoms with Gasteiger partial charge < -0.3 is 4.57 Å². The molecule has 73 heavy (non-hydrogen) atoms. The third-order valence-corrected chi connectivity index (χ3v) is 13.9. The highest BCUT2D eigenvalue weighted by molar-refractivity contribution is 6.09. The van der Waals surface area contributed by atoms with E-state index < -0.39 is 0 Å². The van der Waals surface area contributed by atoms with Crippen molar-refractivity contribution >= 4 is 21.8 Å². The highest BCUT2D eigenvalue weighted by atomic mass is 15.0. The van der Waals surface area contributed by atoms with Crippen molar-refractivity contribution in [2.24, 2.45) is 0 Å². The van der Waals surface area contributed by atoms with Crippen LogP contribution in [0.4, 0.5) is 0 Å². The van der Waals surface area contributed by atoms with Gasteiger partial charge in [0.2, 0.25) is 0 Å². The fourth-order valence-corrected chi connectivity index (χ4v) is 10.1. The van der Waals surface area contributed by atoms with E-state index in [0.29, 0.717) is 17.5 Å². The standard InChI is InChI=1S/C69H46N4/c1-3-16-47(17-4-1)53-20-11-22-55(42-53)49-34-38-51(39-35-49)67-70-68(52-40-36-50(37-41-52)60-27-15-29-62(46-60)73-65-32-9-7-30-63(65)64-31-8-10-33-66(64)73)72-69(71-67)61-28-14-26-59(45-61)58-25-13-24-57(44-58)56-23-12-21-54(43-56)48-18-5-2-6-19-48/h1-46H. The van der Waals surface area contributed by atoms with Crippen LogP contribution in [0.25, 0.3) is 128 Å². The van der Waals surface area contributed by atoms with E-state index >= 15 is 0 Å². The summed E-state index contributed by atoms with van der Waals surface area (Å²) >= 11 is 0. The van der Waals surface area contributed by atoms with Crippen LogP contribution in [0.2, 0.25) is 0 Å². The molecule has 13 rings (SSSR count). The van der Waals surface area contributed by atoms with E-state index in [4.69, 9.17) is 15.0 Å². The molecule has 4 heteroatoms. The van der Waals surface area contributed by atoms with Crippen molar-refractivity contribution in [3.8, 4) is 107 Å². The molecule has 0 saturated carbocycles. The SMILES string of the molecule is c1ccc(-c2cccc(-c3ccc(-c4nc(-c5ccc(-c6cccc(-n7c8ccccc8c8ccccc87)c6)cc5)nc(-c5cccc(-c6cccc(-c7cccc(-c8ccccc8)c7)c6)c5)n4)cc3)c2)cc1. The minimum atomic E-state index is 0.607. The quantitative estimate of drug-likeness (QED) is 0.137. The van der Waals surface area contributed by atoms with Crippen molar-refractivity contribution in [2.75, 3.05) is 0 Å². The third kappa shape index (κ3) is 8.58. The topological polar surface area (TPSA) is 43.6 Å². The van der Waals surface area contributed by atoms with Gasteiger partial charge in [-0.05, 0) is 115 Å². The lowest BCUT2D eigenvalue weighted by Gasteiger charge is -2.12. The smallest absolute Gasteiger partial charge is 0.164 e. The monoisotopic (exact) mass is 930 g/mol. The Labute approximate surface area is 424 Å². The molecule has 0 bridgehead atoms. The number of fused-ring (bicyclic) bond motifs is 3. The molecule has 2 heterocycles. The lowest BCUT2D eigenvalue weighted by molar-refractivity contribution is 1.07. The molecule has 0 spiro atoms. The van der Waals surface area contributed by atoms with Crippen LogP contribution in [0.5, 0.6) is 0 Å². The number of rotatable bonds is 10. The van der Waals surface area contributed by atoms with Gasteiger partial charge in [0.25, 0.3) is 0 Å². The molecule has 0 saturated heterocycles. The maximum absolute atomic E-state index is 5.22. The number of nitrogens with zero attached hydrogens (tertiary/aromatic N) is 4. The van der Waals surface area contributed by atoms with Crippen molar-refractivity contribution in [2.45, 2.75) is 0 Å². The minimum absolute atomic E-state index is 0.607. The molecule has 0 atom stereocenters. The second-order valence-electron chi connectivity index (χ2n) is 18.4. The van der Waals surface area contributed by atoms with Crippen molar-refractivity contribution in [1.82, 2.24) is 19.5 Å². The molecule has 13 aromatic rings. The molecule has 0 N–H and O–H groups in total. The van der Waals surface area contributed by atoms with Crippen LogP contribution in [0.1, 0.15) is 0 Å². The Morgan fingerprint density at radius 1 is 0.192 bits per heavy atom. The van der Waals surface area contributed by atoms with Gasteiger partial charge in [-0.3, -0.25) is 0 Å². The van der Waals surface area contributed by atoms with Crippen molar-refractivity contribution in [1.29, 1.82) is 0 Å². The van der Waals surface area contributed by atoms with Crippen molar-refractivity contribution < 1.29 is 0 Å². The molecule has 0 unspecified atom stereocenters. The zero-order valence-corrected chi connectivity index (χ0v) is 39.8. The molecule has 0 radical (unpaired) electrons. The summed E-state index contributed by atoms with van der Waals surface area (Å²) in [6.07, 6.45) is 0. The molecule has 4 nitrogen and oxygen atoms in total. The summed E-state index contributed by atoms with van der Waals surface area (Å²) in [5, 5.41) is 2.49. The Balaban J connectivity index is 0.863. The van der Waals surface area contributed by atoms with Gasteiger partial charge in [-0.1, -0.05) is 231 Å². The van der Waals surface area contributed by atoms with Crippen LogP contribution in [0.15, 0.2) is 279 Å². The molecule has 0 aliphatic carbocycles. The van der Waals surface area contributed by atoms with Crippen LogP contribution >= 0.6 is 0 Å². The van der Waals surface area contributed by atoms with Gasteiger partial charge in [0, 0.05) is 33.2 Å². The van der Waals surface area contributed by atoms with E-state index in [1.807, 2.05) is 0 Å². The van der Waals surface area contributed by atoms with Gasteiger partial charge in [-0.25, -0.2) is 15.0 Å². The van der Waals surface area contributed by atoms with Gasteiger partial charge in [0.1, 0.15) is 0 Å². The Morgan fingerprint density at radius 2 is 0.466 bits per heavy atom. The molecule has 0 amide bonds. The number of hydrogen-bond acceptors (Lipinski definition) is 3. The molecule has 0 aliphatic heterocycles. The minimum Gasteiger partial charge on any atom is -0.309 e. The van der Waals surface area contributed by atoms with E-state index in [2.05, 4.69) is 284 Å².